The van der Waals surface area contributed by atoms with E-state index in [1.54, 1.807) is 6.20 Å². The van der Waals surface area contributed by atoms with Crippen molar-refractivity contribution in [3.63, 3.8) is 0 Å². The second-order valence-electron chi connectivity index (χ2n) is 3.35. The number of nitrogen functional groups attached to an aromatic ring is 1. The molecule has 0 saturated heterocycles. The minimum atomic E-state index is 0.807. The van der Waals surface area contributed by atoms with E-state index in [4.69, 9.17) is 5.73 Å². The molecule has 0 amide bonds. The summed E-state index contributed by atoms with van der Waals surface area (Å²) in [5.74, 6) is 0. The van der Waals surface area contributed by atoms with Gasteiger partial charge in [0.2, 0.25) is 0 Å². The first-order valence-electron chi connectivity index (χ1n) is 4.69. The first-order chi connectivity index (χ1) is 7.27. The van der Waals surface area contributed by atoms with Gasteiger partial charge in [0.25, 0.3) is 0 Å². The highest BCUT2D eigenvalue weighted by atomic mass is 79.9. The number of halogens is 1. The number of nitrogens with zero attached hydrogens (tertiary/aromatic N) is 1. The van der Waals surface area contributed by atoms with E-state index < -0.39 is 0 Å². The Morgan fingerprint density at radius 2 is 2.07 bits per heavy atom. The van der Waals surface area contributed by atoms with Crippen LogP contribution in [-0.4, -0.2) is 4.98 Å². The van der Waals surface area contributed by atoms with Crippen LogP contribution in [0.4, 0.5) is 5.69 Å². The van der Waals surface area contributed by atoms with Gasteiger partial charge in [-0.3, -0.25) is 4.98 Å². The van der Waals surface area contributed by atoms with Crippen LogP contribution in [0.15, 0.2) is 47.2 Å². The molecule has 0 bridgehead atoms. The van der Waals surface area contributed by atoms with E-state index in [2.05, 4.69) is 20.9 Å². The molecule has 76 valence electrons. The van der Waals surface area contributed by atoms with Crippen LogP contribution < -0.4 is 5.73 Å². The van der Waals surface area contributed by atoms with Crippen molar-refractivity contribution in [2.45, 2.75) is 6.42 Å². The molecule has 1 aromatic carbocycles. The molecule has 0 unspecified atom stereocenters. The van der Waals surface area contributed by atoms with Gasteiger partial charge in [-0.1, -0.05) is 18.2 Å². The fraction of sp³-hybridized carbons (Fsp3) is 0.0833. The van der Waals surface area contributed by atoms with Crippen LogP contribution in [0, 0.1) is 0 Å². The lowest BCUT2D eigenvalue weighted by molar-refractivity contribution is 1.15. The monoisotopic (exact) mass is 262 g/mol. The van der Waals surface area contributed by atoms with Crippen molar-refractivity contribution in [3.05, 3.63) is 58.3 Å². The Morgan fingerprint density at radius 1 is 1.20 bits per heavy atom. The quantitative estimate of drug-likeness (QED) is 0.846. The van der Waals surface area contributed by atoms with Gasteiger partial charge in [-0.05, 0) is 39.2 Å². The van der Waals surface area contributed by atoms with Crippen LogP contribution in [0.1, 0.15) is 11.1 Å². The van der Waals surface area contributed by atoms with Crippen LogP contribution >= 0.6 is 15.9 Å². The maximum Gasteiger partial charge on any atom is 0.0494 e. The number of pyridine rings is 1. The zero-order chi connectivity index (χ0) is 10.7. The molecule has 0 fully saturated rings. The van der Waals surface area contributed by atoms with E-state index in [-0.39, 0.29) is 0 Å². The number of hydrogen-bond donors (Lipinski definition) is 1. The summed E-state index contributed by atoms with van der Waals surface area (Å²) < 4.78 is 0.948. The zero-order valence-corrected chi connectivity index (χ0v) is 9.74. The van der Waals surface area contributed by atoms with E-state index in [0.717, 1.165) is 22.1 Å². The molecule has 0 spiro atoms. The molecule has 0 aliphatic heterocycles. The molecule has 1 heterocycles. The number of nitrogens with two attached hydrogens (primary N) is 1. The second kappa shape index (κ2) is 4.45. The molecule has 2 rings (SSSR count). The fourth-order valence-electron chi connectivity index (χ4n) is 1.46. The third-order valence-corrected chi connectivity index (χ3v) is 2.95. The third kappa shape index (κ3) is 2.36. The summed E-state index contributed by atoms with van der Waals surface area (Å²) in [6.45, 7) is 0. The van der Waals surface area contributed by atoms with Gasteiger partial charge in [0, 0.05) is 29.0 Å². The lowest BCUT2D eigenvalue weighted by Gasteiger charge is -2.06. The molecule has 0 aliphatic carbocycles. The van der Waals surface area contributed by atoms with Crippen LogP contribution in [0.25, 0.3) is 0 Å². The highest BCUT2D eigenvalue weighted by Gasteiger charge is 2.03. The van der Waals surface area contributed by atoms with Gasteiger partial charge in [-0.25, -0.2) is 0 Å². The Hall–Kier alpha value is -1.35. The van der Waals surface area contributed by atoms with Gasteiger partial charge in [0.05, 0.1) is 0 Å². The van der Waals surface area contributed by atoms with E-state index in [0.29, 0.717) is 0 Å². The standard InChI is InChI=1S/C12H11BrN2/c13-11-5-1-4-10(12(11)14)7-9-3-2-6-15-8-9/h1-6,8H,7,14H2. The first-order valence-corrected chi connectivity index (χ1v) is 5.48. The average Bonchev–Trinajstić information content (AvgIpc) is 2.26. The second-order valence-corrected chi connectivity index (χ2v) is 4.21. The van der Waals surface area contributed by atoms with Crippen LogP contribution in [0.5, 0.6) is 0 Å². The maximum atomic E-state index is 5.96. The van der Waals surface area contributed by atoms with Gasteiger partial charge in [-0.15, -0.1) is 0 Å². The average molecular weight is 263 g/mol. The van der Waals surface area contributed by atoms with Crippen molar-refractivity contribution >= 4 is 21.6 Å². The minimum Gasteiger partial charge on any atom is -0.398 e. The number of para-hydroxylation sites is 1. The Bertz CT molecular complexity index is 454. The summed E-state index contributed by atoms with van der Waals surface area (Å²) in [7, 11) is 0. The predicted octanol–water partition coefficient (Wildman–Crippen LogP) is 3.02. The van der Waals surface area contributed by atoms with Crippen molar-refractivity contribution in [1.29, 1.82) is 0 Å². The van der Waals surface area contributed by atoms with Crippen LogP contribution in [-0.2, 0) is 6.42 Å². The maximum absolute atomic E-state index is 5.96. The largest absolute Gasteiger partial charge is 0.398 e. The van der Waals surface area contributed by atoms with E-state index >= 15 is 0 Å². The molecule has 0 saturated carbocycles. The minimum absolute atomic E-state index is 0.807. The number of hydrogen-bond acceptors (Lipinski definition) is 2. The van der Waals surface area contributed by atoms with Crippen molar-refractivity contribution in [1.82, 2.24) is 4.98 Å². The Morgan fingerprint density at radius 3 is 2.80 bits per heavy atom. The predicted molar refractivity (Wildman–Crippen MR) is 65.6 cm³/mol. The molecule has 15 heavy (non-hydrogen) atoms. The number of rotatable bonds is 2. The fourth-order valence-corrected chi connectivity index (χ4v) is 1.87. The molecule has 3 heteroatoms. The summed E-state index contributed by atoms with van der Waals surface area (Å²) in [4.78, 5) is 4.08. The summed E-state index contributed by atoms with van der Waals surface area (Å²) in [5.41, 5.74) is 9.06. The van der Waals surface area contributed by atoms with Crippen LogP contribution in [0.3, 0.4) is 0 Å². The SMILES string of the molecule is Nc1c(Br)cccc1Cc1cccnc1. The topological polar surface area (TPSA) is 38.9 Å². The lowest BCUT2D eigenvalue weighted by atomic mass is 10.1. The van der Waals surface area contributed by atoms with Crippen molar-refractivity contribution in [2.24, 2.45) is 0 Å². The lowest BCUT2D eigenvalue weighted by Crippen LogP contribution is -1.96. The highest BCUT2D eigenvalue weighted by molar-refractivity contribution is 9.10. The summed E-state index contributed by atoms with van der Waals surface area (Å²) >= 11 is 3.42. The van der Waals surface area contributed by atoms with Gasteiger partial charge >= 0.3 is 0 Å². The van der Waals surface area contributed by atoms with Crippen molar-refractivity contribution < 1.29 is 0 Å². The summed E-state index contributed by atoms with van der Waals surface area (Å²) in [6, 6.07) is 9.96. The van der Waals surface area contributed by atoms with E-state index in [9.17, 15) is 0 Å². The smallest absolute Gasteiger partial charge is 0.0494 e. The third-order valence-electron chi connectivity index (χ3n) is 2.26. The first kappa shape index (κ1) is 10.2. The van der Waals surface area contributed by atoms with Gasteiger partial charge in [0.1, 0.15) is 0 Å². The van der Waals surface area contributed by atoms with Crippen molar-refractivity contribution in [3.8, 4) is 0 Å². The molecule has 2 nitrogen and oxygen atoms in total. The van der Waals surface area contributed by atoms with E-state index in [1.807, 2.05) is 36.5 Å². The number of aromatic nitrogens is 1. The summed E-state index contributed by atoms with van der Waals surface area (Å²) in [6.07, 6.45) is 4.45. The molecule has 2 N–H and O–H groups in total. The van der Waals surface area contributed by atoms with E-state index in [1.165, 1.54) is 5.56 Å². The molecule has 0 atom stereocenters. The number of anilines is 1. The van der Waals surface area contributed by atoms with Gasteiger partial charge in [0.15, 0.2) is 0 Å². The molecule has 1 aromatic heterocycles. The van der Waals surface area contributed by atoms with Crippen LogP contribution in [0.2, 0.25) is 0 Å². The Balaban J connectivity index is 2.29. The molecule has 0 aliphatic rings. The van der Waals surface area contributed by atoms with Gasteiger partial charge in [-0.2, -0.15) is 0 Å². The molecular formula is C12H11BrN2. The van der Waals surface area contributed by atoms with Gasteiger partial charge < -0.3 is 5.73 Å². The normalized spacial score (nSPS) is 10.2. The molecule has 0 radical (unpaired) electrons. The molecular weight excluding hydrogens is 252 g/mol. The molecule has 2 aromatic rings. The highest BCUT2D eigenvalue weighted by Crippen LogP contribution is 2.24. The summed E-state index contributed by atoms with van der Waals surface area (Å²) in [5, 5.41) is 0. The Kier molecular flexibility index (Phi) is 3.02. The van der Waals surface area contributed by atoms with Crippen molar-refractivity contribution in [2.75, 3.05) is 5.73 Å². The number of benzene rings is 1. The Labute approximate surface area is 97.3 Å². The zero-order valence-electron chi connectivity index (χ0n) is 8.15.